The number of aliphatic hydroxyl groups excluding tert-OH is 5. The van der Waals surface area contributed by atoms with Crippen LogP contribution in [0.3, 0.4) is 0 Å². The summed E-state index contributed by atoms with van der Waals surface area (Å²) >= 11 is 0. The van der Waals surface area contributed by atoms with E-state index in [9.17, 15) is 25.5 Å². The van der Waals surface area contributed by atoms with Crippen molar-refractivity contribution in [1.29, 1.82) is 0 Å². The molecule has 0 bridgehead atoms. The van der Waals surface area contributed by atoms with Crippen molar-refractivity contribution < 1.29 is 35.0 Å². The molecule has 8 atom stereocenters. The van der Waals surface area contributed by atoms with Crippen molar-refractivity contribution in [3.8, 4) is 0 Å². The van der Waals surface area contributed by atoms with Gasteiger partial charge in [-0.15, -0.1) is 0 Å². The molecule has 1 fully saturated rings. The number of hydrogen-bond acceptors (Lipinski definition) is 7. The van der Waals surface area contributed by atoms with Crippen LogP contribution in [0.5, 0.6) is 0 Å². The number of hydrogen-bond donors (Lipinski definition) is 5. The molecule has 0 aromatic heterocycles. The molecule has 2 aliphatic rings. The predicted molar refractivity (Wildman–Crippen MR) is 99.7 cm³/mol. The summed E-state index contributed by atoms with van der Waals surface area (Å²) in [6, 6.07) is 0. The van der Waals surface area contributed by atoms with E-state index in [4.69, 9.17) is 9.47 Å². The van der Waals surface area contributed by atoms with Gasteiger partial charge in [-0.2, -0.15) is 0 Å². The molecule has 1 heterocycles. The average molecular weight is 386 g/mol. The van der Waals surface area contributed by atoms with Gasteiger partial charge in [0.1, 0.15) is 24.4 Å². The molecule has 0 unspecified atom stereocenters. The SMILES string of the molecule is C=C1C=C(C)[C@H]([C@@H](O)C[C@@H](C)O[C@@H]2O[C@H](CO)[C@@H](O)[C@H](O)[C@H]2O)C(C)(C)C1. The molecule has 27 heavy (non-hydrogen) atoms. The molecule has 0 aromatic carbocycles. The fourth-order valence-electron chi connectivity index (χ4n) is 4.54. The number of ether oxygens (including phenoxy) is 2. The van der Waals surface area contributed by atoms with Crippen LogP contribution in [-0.4, -0.2) is 75.1 Å². The zero-order valence-electron chi connectivity index (χ0n) is 16.6. The van der Waals surface area contributed by atoms with Crippen molar-refractivity contribution in [1.82, 2.24) is 0 Å². The second-order valence-corrected chi connectivity index (χ2v) is 8.64. The standard InChI is InChI=1S/C20H34O7/c1-10-6-11(2)15(20(4,5)8-10)13(22)7-12(3)26-19-18(25)17(24)16(23)14(9-21)27-19/h6,12-19,21-25H,1,7-9H2,2-5H3/t12-,13+,14-,15-,16-,17+,18-,19-/m1/s1. The summed E-state index contributed by atoms with van der Waals surface area (Å²) in [5.41, 5.74) is 1.98. The molecule has 1 aliphatic heterocycles. The molecule has 7 nitrogen and oxygen atoms in total. The van der Waals surface area contributed by atoms with Gasteiger partial charge >= 0.3 is 0 Å². The molecule has 2 rings (SSSR count). The van der Waals surface area contributed by atoms with E-state index >= 15 is 0 Å². The minimum Gasteiger partial charge on any atom is -0.394 e. The lowest BCUT2D eigenvalue weighted by molar-refractivity contribution is -0.311. The highest BCUT2D eigenvalue weighted by molar-refractivity contribution is 5.29. The molecule has 0 spiro atoms. The lowest BCUT2D eigenvalue weighted by atomic mass is 9.64. The Hall–Kier alpha value is -0.800. The molecule has 0 aromatic rings. The summed E-state index contributed by atoms with van der Waals surface area (Å²) < 4.78 is 11.1. The topological polar surface area (TPSA) is 120 Å². The van der Waals surface area contributed by atoms with Gasteiger partial charge in [-0.1, -0.05) is 37.6 Å². The van der Waals surface area contributed by atoms with Crippen molar-refractivity contribution in [3.63, 3.8) is 0 Å². The normalized spacial score (nSPS) is 39.0. The van der Waals surface area contributed by atoms with Crippen molar-refractivity contribution in [3.05, 3.63) is 23.8 Å². The fourth-order valence-corrected chi connectivity index (χ4v) is 4.54. The molecular weight excluding hydrogens is 352 g/mol. The van der Waals surface area contributed by atoms with Crippen molar-refractivity contribution >= 4 is 0 Å². The monoisotopic (exact) mass is 386 g/mol. The van der Waals surface area contributed by atoms with Gasteiger partial charge < -0.3 is 35.0 Å². The molecule has 1 aliphatic carbocycles. The Kier molecular flexibility index (Phi) is 7.24. The zero-order valence-corrected chi connectivity index (χ0v) is 16.6. The minimum absolute atomic E-state index is 0.0520. The van der Waals surface area contributed by atoms with Crippen LogP contribution in [0.1, 0.15) is 40.5 Å². The van der Waals surface area contributed by atoms with Gasteiger partial charge in [0.2, 0.25) is 0 Å². The number of aliphatic hydroxyl groups is 5. The summed E-state index contributed by atoms with van der Waals surface area (Å²) in [5.74, 6) is -0.0520. The summed E-state index contributed by atoms with van der Waals surface area (Å²) in [6.07, 6.45) is -4.58. The maximum atomic E-state index is 10.8. The quantitative estimate of drug-likeness (QED) is 0.451. The van der Waals surface area contributed by atoms with Crippen molar-refractivity contribution in [2.75, 3.05) is 6.61 Å². The Bertz CT molecular complexity index is 557. The van der Waals surface area contributed by atoms with Gasteiger partial charge in [-0.25, -0.2) is 0 Å². The second-order valence-electron chi connectivity index (χ2n) is 8.64. The third-order valence-electron chi connectivity index (χ3n) is 5.62. The van der Waals surface area contributed by atoms with Gasteiger partial charge in [-0.05, 0) is 32.1 Å². The fraction of sp³-hybridized carbons (Fsp3) is 0.800. The molecule has 5 N–H and O–H groups in total. The first kappa shape index (κ1) is 22.5. The molecular formula is C20H34O7. The van der Waals surface area contributed by atoms with Crippen LogP contribution in [-0.2, 0) is 9.47 Å². The third kappa shape index (κ3) is 4.98. The molecule has 0 amide bonds. The molecule has 0 radical (unpaired) electrons. The van der Waals surface area contributed by atoms with Gasteiger partial charge in [0.25, 0.3) is 0 Å². The van der Waals surface area contributed by atoms with E-state index in [1.807, 2.05) is 13.0 Å². The van der Waals surface area contributed by atoms with Gasteiger partial charge in [0.05, 0.1) is 18.8 Å². The largest absolute Gasteiger partial charge is 0.394 e. The first-order valence-electron chi connectivity index (χ1n) is 9.48. The van der Waals surface area contributed by atoms with Crippen molar-refractivity contribution in [2.45, 2.75) is 83.5 Å². The summed E-state index contributed by atoms with van der Waals surface area (Å²) in [7, 11) is 0. The van der Waals surface area contributed by atoms with E-state index in [0.717, 1.165) is 17.6 Å². The second kappa shape index (κ2) is 8.69. The van der Waals surface area contributed by atoms with E-state index in [2.05, 4.69) is 20.4 Å². The van der Waals surface area contributed by atoms with E-state index in [-0.39, 0.29) is 11.3 Å². The summed E-state index contributed by atoms with van der Waals surface area (Å²) in [5, 5.41) is 49.9. The van der Waals surface area contributed by atoms with Crippen LogP contribution >= 0.6 is 0 Å². The maximum absolute atomic E-state index is 10.8. The van der Waals surface area contributed by atoms with Crippen LogP contribution < -0.4 is 0 Å². The molecule has 0 saturated carbocycles. The Morgan fingerprint density at radius 3 is 2.44 bits per heavy atom. The highest BCUT2D eigenvalue weighted by Crippen LogP contribution is 2.45. The summed E-state index contributed by atoms with van der Waals surface area (Å²) in [4.78, 5) is 0. The van der Waals surface area contributed by atoms with E-state index < -0.39 is 49.5 Å². The Labute approximate surface area is 160 Å². The lowest BCUT2D eigenvalue weighted by Crippen LogP contribution is -2.59. The Balaban J connectivity index is 2.01. The lowest BCUT2D eigenvalue weighted by Gasteiger charge is -2.43. The number of allylic oxidation sites excluding steroid dienone is 2. The van der Waals surface area contributed by atoms with Crippen LogP contribution in [0.15, 0.2) is 23.8 Å². The van der Waals surface area contributed by atoms with E-state index in [1.165, 1.54) is 0 Å². The smallest absolute Gasteiger partial charge is 0.186 e. The molecule has 156 valence electrons. The first-order chi connectivity index (χ1) is 12.5. The highest BCUT2D eigenvalue weighted by Gasteiger charge is 2.45. The van der Waals surface area contributed by atoms with Crippen LogP contribution in [0.25, 0.3) is 0 Å². The van der Waals surface area contributed by atoms with E-state index in [1.54, 1.807) is 6.92 Å². The van der Waals surface area contributed by atoms with Crippen LogP contribution in [0, 0.1) is 11.3 Å². The minimum atomic E-state index is -1.48. The average Bonchev–Trinajstić information content (AvgIpc) is 2.53. The van der Waals surface area contributed by atoms with Gasteiger partial charge in [0.15, 0.2) is 6.29 Å². The van der Waals surface area contributed by atoms with Crippen LogP contribution in [0.2, 0.25) is 0 Å². The highest BCUT2D eigenvalue weighted by atomic mass is 16.7. The van der Waals surface area contributed by atoms with E-state index in [0.29, 0.717) is 6.42 Å². The van der Waals surface area contributed by atoms with Crippen molar-refractivity contribution in [2.24, 2.45) is 11.3 Å². The Morgan fingerprint density at radius 1 is 1.26 bits per heavy atom. The molecule has 7 heteroatoms. The zero-order chi connectivity index (χ0) is 20.5. The molecule has 1 saturated heterocycles. The predicted octanol–water partition coefficient (Wildman–Crippen LogP) is 0.491. The number of rotatable bonds is 6. The Morgan fingerprint density at radius 2 is 1.89 bits per heavy atom. The maximum Gasteiger partial charge on any atom is 0.186 e. The van der Waals surface area contributed by atoms with Gasteiger partial charge in [-0.3, -0.25) is 0 Å². The summed E-state index contributed by atoms with van der Waals surface area (Å²) in [6.45, 7) is 11.5. The van der Waals surface area contributed by atoms with Crippen LogP contribution in [0.4, 0.5) is 0 Å². The van der Waals surface area contributed by atoms with Gasteiger partial charge in [0, 0.05) is 5.92 Å². The third-order valence-corrected chi connectivity index (χ3v) is 5.62. The first-order valence-corrected chi connectivity index (χ1v) is 9.48.